The molecule has 0 aliphatic carbocycles. The minimum Gasteiger partial charge on any atom is -0.350 e. The van der Waals surface area contributed by atoms with Crippen LogP contribution in [0.1, 0.15) is 31.7 Å². The van der Waals surface area contributed by atoms with Crippen molar-refractivity contribution < 1.29 is 4.92 Å². The van der Waals surface area contributed by atoms with Gasteiger partial charge in [0.15, 0.2) is 0 Å². The van der Waals surface area contributed by atoms with Crippen LogP contribution in [0.25, 0.3) is 0 Å². The highest BCUT2D eigenvalue weighted by Gasteiger charge is 2.44. The van der Waals surface area contributed by atoms with E-state index in [4.69, 9.17) is 0 Å². The molecule has 1 aromatic heterocycles. The molecule has 2 saturated heterocycles. The Morgan fingerprint density at radius 3 is 2.78 bits per heavy atom. The van der Waals surface area contributed by atoms with Crippen molar-refractivity contribution in [2.75, 3.05) is 4.90 Å². The van der Waals surface area contributed by atoms with Gasteiger partial charge in [-0.3, -0.25) is 10.1 Å². The van der Waals surface area contributed by atoms with Gasteiger partial charge in [-0.15, -0.1) is 0 Å². The number of hydrogen-bond donors (Lipinski definition) is 0. The Balaban J connectivity index is 1.94. The van der Waals surface area contributed by atoms with Crippen LogP contribution in [0.4, 0.5) is 11.5 Å². The number of hydrogen-bond acceptors (Lipinski definition) is 4. The zero-order valence-electron chi connectivity index (χ0n) is 10.7. The van der Waals surface area contributed by atoms with Gasteiger partial charge in [0.2, 0.25) is 0 Å². The van der Waals surface area contributed by atoms with Gasteiger partial charge in [-0.2, -0.15) is 0 Å². The van der Waals surface area contributed by atoms with Crippen molar-refractivity contribution in [2.24, 2.45) is 5.92 Å². The molecule has 2 unspecified atom stereocenters. The number of nitro groups is 1. The summed E-state index contributed by atoms with van der Waals surface area (Å²) in [6.45, 7) is 4.07. The second-order valence-electron chi connectivity index (χ2n) is 5.50. The Hall–Kier alpha value is -1.65. The fourth-order valence-electron chi connectivity index (χ4n) is 3.51. The molecule has 0 N–H and O–H groups in total. The van der Waals surface area contributed by atoms with E-state index in [1.54, 1.807) is 6.92 Å². The molecule has 18 heavy (non-hydrogen) atoms. The van der Waals surface area contributed by atoms with Gasteiger partial charge in [-0.05, 0) is 38.2 Å². The van der Waals surface area contributed by atoms with Crippen molar-refractivity contribution in [1.29, 1.82) is 0 Å². The van der Waals surface area contributed by atoms with E-state index >= 15 is 0 Å². The van der Waals surface area contributed by atoms with Gasteiger partial charge in [0.1, 0.15) is 12.0 Å². The standard InChI is InChI=1S/C13H17N3O2/c1-8-5-10-3-4-11(8)15(10)13-6-9(2)12(7-14-13)16(17)18/h6-8,10-11H,3-5H2,1-2H3/t8-,10?,11?/m0/s1. The zero-order valence-corrected chi connectivity index (χ0v) is 10.7. The van der Waals surface area contributed by atoms with Crippen molar-refractivity contribution >= 4 is 11.5 Å². The van der Waals surface area contributed by atoms with Crippen molar-refractivity contribution in [3.05, 3.63) is 27.9 Å². The molecule has 3 rings (SSSR count). The smallest absolute Gasteiger partial charge is 0.290 e. The van der Waals surface area contributed by atoms with Crippen molar-refractivity contribution in [1.82, 2.24) is 4.98 Å². The van der Waals surface area contributed by atoms with Crippen LogP contribution in [0.2, 0.25) is 0 Å². The lowest BCUT2D eigenvalue weighted by atomic mass is 9.91. The number of pyridine rings is 1. The summed E-state index contributed by atoms with van der Waals surface area (Å²) in [4.78, 5) is 17.1. The first-order valence-electron chi connectivity index (χ1n) is 6.47. The van der Waals surface area contributed by atoms with Crippen molar-refractivity contribution in [3.8, 4) is 0 Å². The molecule has 3 atom stereocenters. The third kappa shape index (κ3) is 1.57. The maximum absolute atomic E-state index is 10.8. The quantitative estimate of drug-likeness (QED) is 0.595. The average Bonchev–Trinajstić information content (AvgIpc) is 2.84. The number of rotatable bonds is 2. The van der Waals surface area contributed by atoms with Crippen LogP contribution in [0.5, 0.6) is 0 Å². The van der Waals surface area contributed by atoms with Gasteiger partial charge in [0.25, 0.3) is 5.69 Å². The van der Waals surface area contributed by atoms with E-state index in [1.807, 2.05) is 6.07 Å². The molecule has 2 bridgehead atoms. The highest BCUT2D eigenvalue weighted by atomic mass is 16.6. The third-order valence-electron chi connectivity index (χ3n) is 4.38. The first kappa shape index (κ1) is 11.4. The van der Waals surface area contributed by atoms with Crippen molar-refractivity contribution in [2.45, 2.75) is 45.2 Å². The number of nitrogens with zero attached hydrogens (tertiary/aromatic N) is 3. The molecule has 96 valence electrons. The van der Waals surface area contributed by atoms with Crippen LogP contribution >= 0.6 is 0 Å². The summed E-state index contributed by atoms with van der Waals surface area (Å²) in [6, 6.07) is 3.02. The number of anilines is 1. The largest absolute Gasteiger partial charge is 0.350 e. The maximum atomic E-state index is 10.8. The van der Waals surface area contributed by atoms with Gasteiger partial charge in [0, 0.05) is 17.6 Å². The van der Waals surface area contributed by atoms with Crippen LogP contribution in [0, 0.1) is 23.0 Å². The van der Waals surface area contributed by atoms with E-state index in [2.05, 4.69) is 16.8 Å². The van der Waals surface area contributed by atoms with Crippen LogP contribution in [-0.2, 0) is 0 Å². The molecule has 1 aromatic rings. The van der Waals surface area contributed by atoms with E-state index < -0.39 is 0 Å². The lowest BCUT2D eigenvalue weighted by molar-refractivity contribution is -0.385. The SMILES string of the molecule is Cc1cc(N2C3CCC2[C@@H](C)C3)ncc1[N+](=O)[O-]. The Morgan fingerprint density at radius 1 is 1.50 bits per heavy atom. The van der Waals surface area contributed by atoms with E-state index in [9.17, 15) is 10.1 Å². The van der Waals surface area contributed by atoms with Gasteiger partial charge in [-0.1, -0.05) is 6.92 Å². The second kappa shape index (κ2) is 3.93. The van der Waals surface area contributed by atoms with Crippen LogP contribution in [0.3, 0.4) is 0 Å². The first-order chi connectivity index (χ1) is 8.58. The minimum atomic E-state index is -0.368. The molecular weight excluding hydrogens is 230 g/mol. The van der Waals surface area contributed by atoms with E-state index in [0.717, 1.165) is 5.82 Å². The third-order valence-corrected chi connectivity index (χ3v) is 4.38. The monoisotopic (exact) mass is 247 g/mol. The highest BCUT2D eigenvalue weighted by molar-refractivity contribution is 5.52. The fourth-order valence-corrected chi connectivity index (χ4v) is 3.51. The van der Waals surface area contributed by atoms with Crippen LogP contribution in [-0.4, -0.2) is 22.0 Å². The zero-order chi connectivity index (χ0) is 12.9. The normalized spacial score (nSPS) is 29.9. The van der Waals surface area contributed by atoms with Crippen LogP contribution in [0.15, 0.2) is 12.3 Å². The summed E-state index contributed by atoms with van der Waals surface area (Å²) in [5.41, 5.74) is 0.808. The predicted molar refractivity (Wildman–Crippen MR) is 68.7 cm³/mol. The molecule has 2 aliphatic rings. The summed E-state index contributed by atoms with van der Waals surface area (Å²) >= 11 is 0. The highest BCUT2D eigenvalue weighted by Crippen LogP contribution is 2.43. The summed E-state index contributed by atoms with van der Waals surface area (Å²) in [5.74, 6) is 1.62. The molecule has 0 spiro atoms. The first-order valence-corrected chi connectivity index (χ1v) is 6.47. The maximum Gasteiger partial charge on any atom is 0.290 e. The molecule has 0 saturated carbocycles. The summed E-state index contributed by atoms with van der Waals surface area (Å²) < 4.78 is 0. The van der Waals surface area contributed by atoms with Crippen LogP contribution < -0.4 is 4.90 Å². The Morgan fingerprint density at radius 2 is 2.28 bits per heavy atom. The van der Waals surface area contributed by atoms with Gasteiger partial charge in [0.05, 0.1) is 4.92 Å². The van der Waals surface area contributed by atoms with Gasteiger partial charge in [-0.25, -0.2) is 4.98 Å². The summed E-state index contributed by atoms with van der Waals surface area (Å²) in [6.07, 6.45) is 5.08. The van der Waals surface area contributed by atoms with Gasteiger partial charge >= 0.3 is 0 Å². The lowest BCUT2D eigenvalue weighted by Crippen LogP contribution is -2.30. The number of aryl methyl sites for hydroxylation is 1. The second-order valence-corrected chi connectivity index (χ2v) is 5.50. The van der Waals surface area contributed by atoms with E-state index in [1.165, 1.54) is 25.5 Å². The lowest BCUT2D eigenvalue weighted by Gasteiger charge is -2.24. The Kier molecular flexibility index (Phi) is 2.50. The molecular formula is C13H17N3O2. The van der Waals surface area contributed by atoms with E-state index in [0.29, 0.717) is 23.6 Å². The Labute approximate surface area is 106 Å². The molecule has 5 nitrogen and oxygen atoms in total. The Bertz CT molecular complexity index is 503. The van der Waals surface area contributed by atoms with Crippen molar-refractivity contribution in [3.63, 3.8) is 0 Å². The number of aromatic nitrogens is 1. The summed E-state index contributed by atoms with van der Waals surface area (Å²) in [7, 11) is 0. The molecule has 3 heterocycles. The molecule has 2 fully saturated rings. The fraction of sp³-hybridized carbons (Fsp3) is 0.615. The van der Waals surface area contributed by atoms with E-state index in [-0.39, 0.29) is 10.6 Å². The molecule has 2 aliphatic heterocycles. The topological polar surface area (TPSA) is 59.3 Å². The minimum absolute atomic E-state index is 0.110. The molecule has 0 amide bonds. The predicted octanol–water partition coefficient (Wildman–Crippen LogP) is 2.68. The molecule has 0 radical (unpaired) electrons. The van der Waals surface area contributed by atoms with Gasteiger partial charge < -0.3 is 4.90 Å². The number of fused-ring (bicyclic) bond motifs is 2. The molecule has 5 heteroatoms. The molecule has 0 aromatic carbocycles. The summed E-state index contributed by atoms with van der Waals surface area (Å²) in [5, 5.41) is 10.8. The average molecular weight is 247 g/mol.